The Morgan fingerprint density at radius 2 is 1.93 bits per heavy atom. The molecule has 90 valence electrons. The molecule has 0 aromatic carbocycles. The fraction of sp³-hybridized carbons (Fsp3) is 1.00. The van der Waals surface area contributed by atoms with Gasteiger partial charge in [-0.15, -0.1) is 11.6 Å². The summed E-state index contributed by atoms with van der Waals surface area (Å²) in [4.78, 5) is 0. The summed E-state index contributed by atoms with van der Waals surface area (Å²) in [5.41, 5.74) is 0. The number of hydrogen-bond acceptors (Lipinski definition) is 2. The molecule has 0 atom stereocenters. The van der Waals surface area contributed by atoms with E-state index in [2.05, 4.69) is 5.32 Å². The quantitative estimate of drug-likeness (QED) is 0.514. The lowest BCUT2D eigenvalue weighted by Crippen LogP contribution is -2.26. The van der Waals surface area contributed by atoms with Gasteiger partial charge in [-0.3, -0.25) is 0 Å². The zero-order valence-electron chi connectivity index (χ0n) is 9.64. The fourth-order valence-electron chi connectivity index (χ4n) is 2.15. The summed E-state index contributed by atoms with van der Waals surface area (Å²) >= 11 is 5.50. The molecule has 2 nitrogen and oxygen atoms in total. The minimum atomic E-state index is 0.607. The van der Waals surface area contributed by atoms with Gasteiger partial charge in [-0.2, -0.15) is 0 Å². The Labute approximate surface area is 98.7 Å². The summed E-state index contributed by atoms with van der Waals surface area (Å²) in [5, 5.41) is 3.52. The highest BCUT2D eigenvalue weighted by Crippen LogP contribution is 2.22. The first-order valence-corrected chi connectivity index (χ1v) is 6.81. The molecule has 15 heavy (non-hydrogen) atoms. The first-order chi connectivity index (χ1) is 7.43. The highest BCUT2D eigenvalue weighted by Gasteiger charge is 2.11. The molecule has 0 amide bonds. The Morgan fingerprint density at radius 3 is 2.67 bits per heavy atom. The lowest BCUT2D eigenvalue weighted by Gasteiger charge is -2.21. The predicted molar refractivity (Wildman–Crippen MR) is 65.6 cm³/mol. The largest absolute Gasteiger partial charge is 0.380 e. The molecule has 1 aliphatic carbocycles. The van der Waals surface area contributed by atoms with Gasteiger partial charge in [-0.05, 0) is 38.3 Å². The third-order valence-corrected chi connectivity index (χ3v) is 3.18. The van der Waals surface area contributed by atoms with E-state index in [9.17, 15) is 0 Å². The fourth-order valence-corrected chi connectivity index (χ4v) is 2.26. The summed E-state index contributed by atoms with van der Waals surface area (Å²) in [5.74, 6) is 1.54. The molecule has 1 fully saturated rings. The van der Waals surface area contributed by atoms with Gasteiger partial charge in [0, 0.05) is 12.5 Å². The molecule has 0 radical (unpaired) electrons. The zero-order chi connectivity index (χ0) is 10.8. The second-order valence-electron chi connectivity index (χ2n) is 4.36. The summed E-state index contributed by atoms with van der Waals surface area (Å²) in [7, 11) is 0. The van der Waals surface area contributed by atoms with Crippen LogP contribution < -0.4 is 5.32 Å². The van der Waals surface area contributed by atoms with E-state index in [1.165, 1.54) is 38.6 Å². The van der Waals surface area contributed by atoms with Crippen LogP contribution in [-0.2, 0) is 4.74 Å². The standard InChI is InChI=1S/C12H24ClNO/c13-7-10-15-9-4-8-14-11-12-5-2-1-3-6-12/h12,14H,1-11H2. The molecule has 0 aliphatic heterocycles. The molecule has 0 heterocycles. The minimum Gasteiger partial charge on any atom is -0.380 e. The second kappa shape index (κ2) is 9.44. The van der Waals surface area contributed by atoms with E-state index in [1.54, 1.807) is 0 Å². The van der Waals surface area contributed by atoms with E-state index >= 15 is 0 Å². The first kappa shape index (κ1) is 13.3. The van der Waals surface area contributed by atoms with E-state index in [1.807, 2.05) is 0 Å². The molecule has 0 aromatic rings. The SMILES string of the molecule is ClCCOCCCNCC1CCCCC1. The molecule has 1 saturated carbocycles. The van der Waals surface area contributed by atoms with Gasteiger partial charge in [0.15, 0.2) is 0 Å². The molecule has 1 aliphatic rings. The van der Waals surface area contributed by atoms with Crippen molar-refractivity contribution in [2.24, 2.45) is 5.92 Å². The van der Waals surface area contributed by atoms with Gasteiger partial charge in [0.2, 0.25) is 0 Å². The molecule has 0 bridgehead atoms. The van der Waals surface area contributed by atoms with Crippen LogP contribution in [0, 0.1) is 5.92 Å². The van der Waals surface area contributed by atoms with Gasteiger partial charge < -0.3 is 10.1 Å². The van der Waals surface area contributed by atoms with E-state index in [0.717, 1.165) is 25.5 Å². The Morgan fingerprint density at radius 1 is 1.13 bits per heavy atom. The predicted octanol–water partition coefficient (Wildman–Crippen LogP) is 2.80. The normalized spacial score (nSPS) is 18.2. The van der Waals surface area contributed by atoms with E-state index in [-0.39, 0.29) is 0 Å². The third-order valence-electron chi connectivity index (χ3n) is 3.02. The average Bonchev–Trinajstić information content (AvgIpc) is 2.29. The van der Waals surface area contributed by atoms with Gasteiger partial charge >= 0.3 is 0 Å². The van der Waals surface area contributed by atoms with Crippen molar-refractivity contribution in [2.45, 2.75) is 38.5 Å². The molecule has 0 unspecified atom stereocenters. The molecule has 0 aromatic heterocycles. The van der Waals surface area contributed by atoms with Crippen LogP contribution in [0.25, 0.3) is 0 Å². The van der Waals surface area contributed by atoms with Crippen LogP contribution in [0.3, 0.4) is 0 Å². The van der Waals surface area contributed by atoms with Gasteiger partial charge in [-0.25, -0.2) is 0 Å². The Hall–Kier alpha value is 0.210. The Kier molecular flexibility index (Phi) is 8.35. The van der Waals surface area contributed by atoms with Crippen LogP contribution in [0.2, 0.25) is 0 Å². The van der Waals surface area contributed by atoms with Crippen LogP contribution in [-0.4, -0.2) is 32.2 Å². The van der Waals surface area contributed by atoms with Crippen molar-refractivity contribution < 1.29 is 4.74 Å². The monoisotopic (exact) mass is 233 g/mol. The maximum atomic E-state index is 5.50. The smallest absolute Gasteiger partial charge is 0.0601 e. The maximum absolute atomic E-state index is 5.50. The number of hydrogen-bond donors (Lipinski definition) is 1. The number of alkyl halides is 1. The van der Waals surface area contributed by atoms with E-state index < -0.39 is 0 Å². The van der Waals surface area contributed by atoms with Crippen molar-refractivity contribution >= 4 is 11.6 Å². The van der Waals surface area contributed by atoms with Gasteiger partial charge in [-0.1, -0.05) is 19.3 Å². The molecular weight excluding hydrogens is 210 g/mol. The summed E-state index contributed by atoms with van der Waals surface area (Å²) in [6, 6.07) is 0. The van der Waals surface area contributed by atoms with Crippen molar-refractivity contribution in [1.82, 2.24) is 5.32 Å². The number of halogens is 1. The first-order valence-electron chi connectivity index (χ1n) is 6.28. The number of rotatable bonds is 8. The minimum absolute atomic E-state index is 0.607. The summed E-state index contributed by atoms with van der Waals surface area (Å²) < 4.78 is 5.30. The lowest BCUT2D eigenvalue weighted by molar-refractivity contribution is 0.146. The van der Waals surface area contributed by atoms with Crippen molar-refractivity contribution in [3.05, 3.63) is 0 Å². The van der Waals surface area contributed by atoms with Crippen LogP contribution in [0.5, 0.6) is 0 Å². The zero-order valence-corrected chi connectivity index (χ0v) is 10.4. The van der Waals surface area contributed by atoms with Crippen molar-refractivity contribution in [3.8, 4) is 0 Å². The lowest BCUT2D eigenvalue weighted by atomic mass is 9.89. The second-order valence-corrected chi connectivity index (χ2v) is 4.74. The average molecular weight is 234 g/mol. The van der Waals surface area contributed by atoms with Gasteiger partial charge in [0.1, 0.15) is 0 Å². The number of nitrogens with one attached hydrogen (secondary N) is 1. The van der Waals surface area contributed by atoms with Gasteiger partial charge in [0.05, 0.1) is 6.61 Å². The summed E-state index contributed by atoms with van der Waals surface area (Å²) in [6.45, 7) is 3.81. The molecule has 3 heteroatoms. The topological polar surface area (TPSA) is 21.3 Å². The maximum Gasteiger partial charge on any atom is 0.0601 e. The highest BCUT2D eigenvalue weighted by molar-refractivity contribution is 6.17. The highest BCUT2D eigenvalue weighted by atomic mass is 35.5. The molecule has 0 saturated heterocycles. The van der Waals surface area contributed by atoms with Crippen molar-refractivity contribution in [1.29, 1.82) is 0 Å². The molecule has 0 spiro atoms. The molecule has 1 rings (SSSR count). The Balaban J connectivity index is 1.79. The van der Waals surface area contributed by atoms with E-state index in [0.29, 0.717) is 12.5 Å². The molecule has 1 N–H and O–H groups in total. The van der Waals surface area contributed by atoms with E-state index in [4.69, 9.17) is 16.3 Å². The van der Waals surface area contributed by atoms with Crippen molar-refractivity contribution in [2.75, 3.05) is 32.2 Å². The van der Waals surface area contributed by atoms with Crippen LogP contribution in [0.4, 0.5) is 0 Å². The molecular formula is C12H24ClNO. The number of ether oxygens (including phenoxy) is 1. The summed E-state index contributed by atoms with van der Waals surface area (Å²) in [6.07, 6.45) is 8.27. The van der Waals surface area contributed by atoms with Gasteiger partial charge in [0.25, 0.3) is 0 Å². The van der Waals surface area contributed by atoms with Crippen molar-refractivity contribution in [3.63, 3.8) is 0 Å². The Bertz CT molecular complexity index is 138. The van der Waals surface area contributed by atoms with Crippen LogP contribution >= 0.6 is 11.6 Å². The van der Waals surface area contributed by atoms with Crippen LogP contribution in [0.1, 0.15) is 38.5 Å². The van der Waals surface area contributed by atoms with Crippen LogP contribution in [0.15, 0.2) is 0 Å². The third kappa shape index (κ3) is 7.15.